The molecule has 10 heteroatoms. The summed E-state index contributed by atoms with van der Waals surface area (Å²) in [6.45, 7) is 3.67. The van der Waals surface area contributed by atoms with E-state index in [4.69, 9.17) is 27.9 Å². The van der Waals surface area contributed by atoms with Gasteiger partial charge in [-0.1, -0.05) is 23.2 Å². The van der Waals surface area contributed by atoms with E-state index in [0.29, 0.717) is 53.2 Å². The summed E-state index contributed by atoms with van der Waals surface area (Å²) >= 11 is 12.0. The highest BCUT2D eigenvalue weighted by atomic mass is 35.5. The molecule has 0 radical (unpaired) electrons. The number of piperazine rings is 1. The summed E-state index contributed by atoms with van der Waals surface area (Å²) in [5.74, 6) is -0.205. The first-order valence-electron chi connectivity index (χ1n) is 10.4. The van der Waals surface area contributed by atoms with Gasteiger partial charge in [0.15, 0.2) is 6.61 Å². The number of anilines is 2. The molecule has 0 atom stereocenters. The van der Waals surface area contributed by atoms with Crippen molar-refractivity contribution in [1.82, 2.24) is 9.80 Å². The molecular weight excluding hydrogens is 467 g/mol. The van der Waals surface area contributed by atoms with Gasteiger partial charge >= 0.3 is 0 Å². The van der Waals surface area contributed by atoms with Gasteiger partial charge in [-0.3, -0.25) is 14.4 Å². The van der Waals surface area contributed by atoms with Crippen LogP contribution in [0.1, 0.15) is 17.3 Å². The third-order valence-electron chi connectivity index (χ3n) is 5.24. The first kappa shape index (κ1) is 24.7. The number of rotatable bonds is 6. The highest BCUT2D eigenvalue weighted by Crippen LogP contribution is 2.30. The van der Waals surface area contributed by atoms with E-state index in [2.05, 4.69) is 10.2 Å². The van der Waals surface area contributed by atoms with Crippen molar-refractivity contribution in [3.63, 3.8) is 0 Å². The molecule has 3 rings (SSSR count). The van der Waals surface area contributed by atoms with Crippen LogP contribution in [0.5, 0.6) is 5.75 Å². The van der Waals surface area contributed by atoms with Gasteiger partial charge in [0.05, 0.1) is 16.4 Å². The van der Waals surface area contributed by atoms with E-state index in [-0.39, 0.29) is 18.4 Å². The Kier molecular flexibility index (Phi) is 8.05. The third kappa shape index (κ3) is 6.30. The molecule has 2 aromatic rings. The molecule has 0 unspecified atom stereocenters. The Labute approximate surface area is 203 Å². The van der Waals surface area contributed by atoms with E-state index in [1.807, 2.05) is 6.07 Å². The van der Waals surface area contributed by atoms with Crippen LogP contribution >= 0.6 is 23.2 Å². The molecule has 0 aliphatic carbocycles. The number of carbonyl (C=O) groups is 3. The summed E-state index contributed by atoms with van der Waals surface area (Å²) in [5, 5.41) is 3.62. The van der Waals surface area contributed by atoms with E-state index in [0.717, 1.165) is 5.69 Å². The Bertz CT molecular complexity index is 1050. The number of nitrogens with one attached hydrogen (secondary N) is 1. The Hall–Kier alpha value is -2.97. The molecule has 0 spiro atoms. The third-order valence-corrected chi connectivity index (χ3v) is 5.77. The number of carbonyl (C=O) groups excluding carboxylic acids is 3. The van der Waals surface area contributed by atoms with Crippen molar-refractivity contribution in [2.24, 2.45) is 0 Å². The molecule has 0 aromatic heterocycles. The van der Waals surface area contributed by atoms with Crippen molar-refractivity contribution in [3.8, 4) is 5.75 Å². The average molecular weight is 493 g/mol. The molecule has 2 aromatic carbocycles. The lowest BCUT2D eigenvalue weighted by Gasteiger charge is -2.36. The van der Waals surface area contributed by atoms with E-state index in [1.165, 1.54) is 11.0 Å². The second kappa shape index (κ2) is 10.8. The van der Waals surface area contributed by atoms with E-state index < -0.39 is 5.91 Å². The molecule has 176 valence electrons. The first-order chi connectivity index (χ1) is 15.7. The molecule has 1 aliphatic heterocycles. The molecule has 0 bridgehead atoms. The minimum Gasteiger partial charge on any atom is -0.482 e. The maximum Gasteiger partial charge on any atom is 0.262 e. The lowest BCUT2D eigenvalue weighted by molar-refractivity contribution is -0.129. The Balaban J connectivity index is 1.78. The van der Waals surface area contributed by atoms with Crippen LogP contribution in [-0.4, -0.2) is 74.4 Å². The second-order valence-electron chi connectivity index (χ2n) is 7.84. The Morgan fingerprint density at radius 1 is 1.03 bits per heavy atom. The predicted octanol–water partition coefficient (Wildman–Crippen LogP) is 3.38. The lowest BCUT2D eigenvalue weighted by Crippen LogP contribution is -2.48. The average Bonchev–Trinajstić information content (AvgIpc) is 2.78. The van der Waals surface area contributed by atoms with Crippen LogP contribution in [0.15, 0.2) is 36.4 Å². The molecule has 1 heterocycles. The quantitative estimate of drug-likeness (QED) is 0.668. The van der Waals surface area contributed by atoms with Crippen LogP contribution in [0.3, 0.4) is 0 Å². The fraction of sp³-hybridized carbons (Fsp3) is 0.348. The van der Waals surface area contributed by atoms with Crippen LogP contribution < -0.4 is 15.0 Å². The van der Waals surface area contributed by atoms with Gasteiger partial charge in [-0.2, -0.15) is 0 Å². The second-order valence-corrected chi connectivity index (χ2v) is 8.68. The fourth-order valence-electron chi connectivity index (χ4n) is 3.49. The molecule has 0 saturated carbocycles. The summed E-state index contributed by atoms with van der Waals surface area (Å²) in [5.41, 5.74) is 1.71. The minimum atomic E-state index is -0.404. The summed E-state index contributed by atoms with van der Waals surface area (Å²) in [6, 6.07) is 9.94. The summed E-state index contributed by atoms with van der Waals surface area (Å²) < 4.78 is 5.53. The zero-order valence-corrected chi connectivity index (χ0v) is 20.2. The number of amides is 3. The Morgan fingerprint density at radius 2 is 1.73 bits per heavy atom. The topological polar surface area (TPSA) is 82.2 Å². The normalized spacial score (nSPS) is 13.5. The van der Waals surface area contributed by atoms with Crippen molar-refractivity contribution < 1.29 is 19.1 Å². The molecule has 8 nitrogen and oxygen atoms in total. The van der Waals surface area contributed by atoms with Gasteiger partial charge in [-0.25, -0.2) is 0 Å². The van der Waals surface area contributed by atoms with Gasteiger partial charge in [-0.15, -0.1) is 0 Å². The smallest absolute Gasteiger partial charge is 0.262 e. The number of hydrogen-bond donors (Lipinski definition) is 1. The molecule has 33 heavy (non-hydrogen) atoms. The monoisotopic (exact) mass is 492 g/mol. The van der Waals surface area contributed by atoms with E-state index in [1.54, 1.807) is 50.2 Å². The van der Waals surface area contributed by atoms with Gasteiger partial charge in [0.1, 0.15) is 5.75 Å². The summed E-state index contributed by atoms with van der Waals surface area (Å²) in [6.07, 6.45) is 0. The van der Waals surface area contributed by atoms with Crippen molar-refractivity contribution in [1.29, 1.82) is 0 Å². The summed E-state index contributed by atoms with van der Waals surface area (Å²) in [4.78, 5) is 42.1. The molecule has 3 amide bonds. The number of hydrogen-bond acceptors (Lipinski definition) is 5. The van der Waals surface area contributed by atoms with Crippen LogP contribution in [-0.2, 0) is 9.59 Å². The highest BCUT2D eigenvalue weighted by Gasteiger charge is 2.22. The minimum absolute atomic E-state index is 0.0353. The molecule has 1 N–H and O–H groups in total. The molecular formula is C23H26Cl2N4O4. The van der Waals surface area contributed by atoms with Crippen molar-refractivity contribution in [3.05, 3.63) is 52.0 Å². The number of halogens is 2. The number of nitrogens with zero attached hydrogens (tertiary/aromatic N) is 3. The molecule has 1 fully saturated rings. The zero-order chi connectivity index (χ0) is 24.1. The number of benzene rings is 2. The SMILES string of the molecule is CC(=O)N1CCN(c2ccc(C(=O)N(C)C)cc2NC(=O)COc2ccc(Cl)cc2Cl)CC1. The van der Waals surface area contributed by atoms with Gasteiger partial charge in [0, 0.05) is 57.8 Å². The molecule has 1 aliphatic rings. The lowest BCUT2D eigenvalue weighted by atomic mass is 10.1. The standard InChI is InChI=1S/C23H26Cl2N4O4/c1-15(30)28-8-10-29(11-9-28)20-6-4-16(23(32)27(2)3)12-19(20)26-22(31)14-33-21-7-5-17(24)13-18(21)25/h4-7,12-13H,8-11,14H2,1-3H3,(H,26,31). The van der Waals surface area contributed by atoms with Gasteiger partial charge in [0.2, 0.25) is 5.91 Å². The van der Waals surface area contributed by atoms with Crippen LogP contribution in [0.2, 0.25) is 10.0 Å². The number of ether oxygens (including phenoxy) is 1. The van der Waals surface area contributed by atoms with Gasteiger partial charge in [0.25, 0.3) is 11.8 Å². The predicted molar refractivity (Wildman–Crippen MR) is 130 cm³/mol. The maximum absolute atomic E-state index is 12.7. The first-order valence-corrected chi connectivity index (χ1v) is 11.1. The van der Waals surface area contributed by atoms with Crippen LogP contribution in [0, 0.1) is 0 Å². The van der Waals surface area contributed by atoms with Crippen LogP contribution in [0.4, 0.5) is 11.4 Å². The van der Waals surface area contributed by atoms with E-state index in [9.17, 15) is 14.4 Å². The largest absolute Gasteiger partial charge is 0.482 e. The van der Waals surface area contributed by atoms with Gasteiger partial charge < -0.3 is 24.8 Å². The van der Waals surface area contributed by atoms with E-state index >= 15 is 0 Å². The Morgan fingerprint density at radius 3 is 2.33 bits per heavy atom. The zero-order valence-electron chi connectivity index (χ0n) is 18.7. The van der Waals surface area contributed by atoms with Crippen LogP contribution in [0.25, 0.3) is 0 Å². The van der Waals surface area contributed by atoms with Gasteiger partial charge in [-0.05, 0) is 36.4 Å². The fourth-order valence-corrected chi connectivity index (χ4v) is 3.95. The van der Waals surface area contributed by atoms with Crippen molar-refractivity contribution in [2.75, 3.05) is 57.1 Å². The van der Waals surface area contributed by atoms with Crippen molar-refractivity contribution >= 4 is 52.3 Å². The summed E-state index contributed by atoms with van der Waals surface area (Å²) in [7, 11) is 3.33. The maximum atomic E-state index is 12.7. The highest BCUT2D eigenvalue weighted by molar-refractivity contribution is 6.35. The van der Waals surface area contributed by atoms with Crippen molar-refractivity contribution in [2.45, 2.75) is 6.92 Å². The molecule has 1 saturated heterocycles.